The lowest BCUT2D eigenvalue weighted by atomic mass is 9.93. The molecule has 0 saturated carbocycles. The summed E-state index contributed by atoms with van der Waals surface area (Å²) in [7, 11) is 0. The Balaban J connectivity index is 2.41. The minimum atomic E-state index is 0.626. The molecular formula is C9H18S. The fourth-order valence-corrected chi connectivity index (χ4v) is 3.11. The van der Waals surface area contributed by atoms with E-state index < -0.39 is 0 Å². The van der Waals surface area contributed by atoms with Crippen molar-refractivity contribution >= 4 is 11.8 Å². The summed E-state index contributed by atoms with van der Waals surface area (Å²) in [6.07, 6.45) is 4.17. The van der Waals surface area contributed by atoms with Crippen LogP contribution in [0, 0.1) is 5.92 Å². The molecule has 2 unspecified atom stereocenters. The topological polar surface area (TPSA) is 0 Å². The molecule has 60 valence electrons. The van der Waals surface area contributed by atoms with E-state index in [1.807, 2.05) is 0 Å². The Labute approximate surface area is 68.8 Å². The van der Waals surface area contributed by atoms with Crippen molar-refractivity contribution in [1.82, 2.24) is 0 Å². The van der Waals surface area contributed by atoms with Crippen LogP contribution in [0.15, 0.2) is 0 Å². The molecule has 0 aromatic rings. The standard InChI is InChI=1S/C9H18S/c1-4-8-6-9(3,5-2)10-7-8/h8H,4-7H2,1-3H3. The van der Waals surface area contributed by atoms with Crippen LogP contribution in [0.4, 0.5) is 0 Å². The third-order valence-corrected chi connectivity index (χ3v) is 4.50. The summed E-state index contributed by atoms with van der Waals surface area (Å²) >= 11 is 2.18. The quantitative estimate of drug-likeness (QED) is 0.594. The third-order valence-electron chi connectivity index (χ3n) is 2.71. The van der Waals surface area contributed by atoms with Gasteiger partial charge in [0, 0.05) is 4.75 Å². The van der Waals surface area contributed by atoms with E-state index in [9.17, 15) is 0 Å². The second-order valence-electron chi connectivity index (χ2n) is 3.59. The maximum atomic E-state index is 2.41. The average molecular weight is 158 g/mol. The summed E-state index contributed by atoms with van der Waals surface area (Å²) in [5.74, 6) is 2.41. The molecule has 1 aliphatic rings. The lowest BCUT2D eigenvalue weighted by Gasteiger charge is -2.20. The molecule has 0 aliphatic carbocycles. The summed E-state index contributed by atoms with van der Waals surface area (Å²) in [6.45, 7) is 7.03. The van der Waals surface area contributed by atoms with Gasteiger partial charge in [-0.15, -0.1) is 0 Å². The molecule has 0 nitrogen and oxygen atoms in total. The molecule has 1 heteroatoms. The summed E-state index contributed by atoms with van der Waals surface area (Å²) in [5.41, 5.74) is 0. The van der Waals surface area contributed by atoms with Gasteiger partial charge in [0.05, 0.1) is 0 Å². The van der Waals surface area contributed by atoms with Crippen LogP contribution in [0.2, 0.25) is 0 Å². The number of hydrogen-bond acceptors (Lipinski definition) is 1. The number of hydrogen-bond donors (Lipinski definition) is 0. The lowest BCUT2D eigenvalue weighted by molar-refractivity contribution is 0.465. The van der Waals surface area contributed by atoms with Gasteiger partial charge >= 0.3 is 0 Å². The Morgan fingerprint density at radius 2 is 2.20 bits per heavy atom. The molecule has 2 atom stereocenters. The summed E-state index contributed by atoms with van der Waals surface area (Å²) in [6, 6.07) is 0. The van der Waals surface area contributed by atoms with Gasteiger partial charge in [-0.1, -0.05) is 27.2 Å². The second-order valence-corrected chi connectivity index (χ2v) is 5.20. The van der Waals surface area contributed by atoms with Crippen LogP contribution in [0.25, 0.3) is 0 Å². The molecule has 1 saturated heterocycles. The van der Waals surface area contributed by atoms with Crippen molar-refractivity contribution < 1.29 is 0 Å². The first-order valence-corrected chi connectivity index (χ1v) is 5.32. The highest BCUT2D eigenvalue weighted by atomic mass is 32.2. The van der Waals surface area contributed by atoms with Crippen LogP contribution < -0.4 is 0 Å². The molecule has 0 N–H and O–H groups in total. The Morgan fingerprint density at radius 3 is 2.50 bits per heavy atom. The van der Waals surface area contributed by atoms with Crippen molar-refractivity contribution in [2.75, 3.05) is 5.75 Å². The first-order valence-electron chi connectivity index (χ1n) is 4.34. The normalized spacial score (nSPS) is 40.5. The molecular weight excluding hydrogens is 140 g/mol. The van der Waals surface area contributed by atoms with Gasteiger partial charge in [0.15, 0.2) is 0 Å². The van der Waals surface area contributed by atoms with E-state index in [-0.39, 0.29) is 0 Å². The highest BCUT2D eigenvalue weighted by Gasteiger charge is 2.32. The second kappa shape index (κ2) is 3.17. The minimum Gasteiger partial charge on any atom is -0.155 e. The van der Waals surface area contributed by atoms with Gasteiger partial charge < -0.3 is 0 Å². The number of rotatable bonds is 2. The zero-order chi connectivity index (χ0) is 7.61. The summed E-state index contributed by atoms with van der Waals surface area (Å²) in [5, 5.41) is 0. The van der Waals surface area contributed by atoms with Crippen molar-refractivity contribution in [1.29, 1.82) is 0 Å². The fourth-order valence-electron chi connectivity index (χ4n) is 1.56. The molecule has 1 aliphatic heterocycles. The molecule has 1 fully saturated rings. The first-order chi connectivity index (χ1) is 4.70. The average Bonchev–Trinajstić information content (AvgIpc) is 2.33. The van der Waals surface area contributed by atoms with Crippen LogP contribution in [-0.2, 0) is 0 Å². The zero-order valence-corrected chi connectivity index (χ0v) is 8.13. The molecule has 1 rings (SSSR count). The van der Waals surface area contributed by atoms with E-state index in [1.165, 1.54) is 25.0 Å². The van der Waals surface area contributed by atoms with Crippen molar-refractivity contribution in [3.05, 3.63) is 0 Å². The van der Waals surface area contributed by atoms with Crippen molar-refractivity contribution in [2.45, 2.75) is 44.8 Å². The predicted octanol–water partition coefficient (Wildman–Crippen LogP) is 3.32. The van der Waals surface area contributed by atoms with Crippen molar-refractivity contribution in [2.24, 2.45) is 5.92 Å². The van der Waals surface area contributed by atoms with E-state index in [0.29, 0.717) is 4.75 Å². The van der Waals surface area contributed by atoms with Gasteiger partial charge in [-0.25, -0.2) is 0 Å². The van der Waals surface area contributed by atoms with E-state index >= 15 is 0 Å². The van der Waals surface area contributed by atoms with Gasteiger partial charge in [-0.2, -0.15) is 11.8 Å². The number of thioether (sulfide) groups is 1. The lowest BCUT2D eigenvalue weighted by Crippen LogP contribution is -2.14. The van der Waals surface area contributed by atoms with Crippen LogP contribution in [0.5, 0.6) is 0 Å². The van der Waals surface area contributed by atoms with E-state index in [1.54, 1.807) is 0 Å². The van der Waals surface area contributed by atoms with Crippen LogP contribution in [0.1, 0.15) is 40.0 Å². The maximum Gasteiger partial charge on any atom is 0.0132 e. The van der Waals surface area contributed by atoms with Gasteiger partial charge in [-0.05, 0) is 24.5 Å². The molecule has 0 aromatic heterocycles. The molecule has 0 amide bonds. The summed E-state index contributed by atoms with van der Waals surface area (Å²) < 4.78 is 0.626. The van der Waals surface area contributed by atoms with Gasteiger partial charge in [-0.3, -0.25) is 0 Å². The molecule has 10 heavy (non-hydrogen) atoms. The SMILES string of the molecule is CCC1CSC(C)(CC)C1. The molecule has 0 bridgehead atoms. The molecule has 0 aromatic carbocycles. The Bertz CT molecular complexity index is 111. The predicted molar refractivity (Wildman–Crippen MR) is 49.6 cm³/mol. The Hall–Kier alpha value is 0.350. The van der Waals surface area contributed by atoms with E-state index in [4.69, 9.17) is 0 Å². The van der Waals surface area contributed by atoms with Gasteiger partial charge in [0.1, 0.15) is 0 Å². The minimum absolute atomic E-state index is 0.626. The van der Waals surface area contributed by atoms with Crippen molar-refractivity contribution in [3.8, 4) is 0 Å². The highest BCUT2D eigenvalue weighted by molar-refractivity contribution is 8.00. The van der Waals surface area contributed by atoms with Crippen LogP contribution in [0.3, 0.4) is 0 Å². The van der Waals surface area contributed by atoms with Crippen LogP contribution >= 0.6 is 11.8 Å². The van der Waals surface area contributed by atoms with Crippen LogP contribution in [-0.4, -0.2) is 10.5 Å². The maximum absolute atomic E-state index is 2.41. The molecule has 0 radical (unpaired) electrons. The summed E-state index contributed by atoms with van der Waals surface area (Å²) in [4.78, 5) is 0. The fraction of sp³-hybridized carbons (Fsp3) is 1.00. The molecule has 0 spiro atoms. The monoisotopic (exact) mass is 158 g/mol. The van der Waals surface area contributed by atoms with Crippen molar-refractivity contribution in [3.63, 3.8) is 0 Å². The van der Waals surface area contributed by atoms with E-state index in [0.717, 1.165) is 5.92 Å². The largest absolute Gasteiger partial charge is 0.155 e. The Kier molecular flexibility index (Phi) is 2.67. The van der Waals surface area contributed by atoms with Gasteiger partial charge in [0.25, 0.3) is 0 Å². The van der Waals surface area contributed by atoms with E-state index in [2.05, 4.69) is 32.5 Å². The zero-order valence-electron chi connectivity index (χ0n) is 7.31. The Morgan fingerprint density at radius 1 is 1.50 bits per heavy atom. The smallest absolute Gasteiger partial charge is 0.0132 e. The molecule has 1 heterocycles. The first kappa shape index (κ1) is 8.45. The third kappa shape index (κ3) is 1.69. The highest BCUT2D eigenvalue weighted by Crippen LogP contribution is 2.44. The van der Waals surface area contributed by atoms with Gasteiger partial charge in [0.2, 0.25) is 0 Å².